The molecule has 0 spiro atoms. The molecule has 0 atom stereocenters. The van der Waals surface area contributed by atoms with Crippen LogP contribution in [-0.4, -0.2) is 42.3 Å². The fourth-order valence-electron chi connectivity index (χ4n) is 1.15. The van der Waals surface area contributed by atoms with Crippen LogP contribution >= 0.6 is 0 Å². The molecule has 0 radical (unpaired) electrons. The van der Waals surface area contributed by atoms with Crippen molar-refractivity contribution in [2.24, 2.45) is 0 Å². The zero-order valence-corrected chi connectivity index (χ0v) is 8.36. The molecule has 0 unspecified atom stereocenters. The number of amides is 1. The first-order valence-electron chi connectivity index (χ1n) is 4.73. The third-order valence-corrected chi connectivity index (χ3v) is 2.13. The van der Waals surface area contributed by atoms with E-state index in [4.69, 9.17) is 4.74 Å². The van der Waals surface area contributed by atoms with Crippen LogP contribution in [-0.2, 0) is 0 Å². The summed E-state index contributed by atoms with van der Waals surface area (Å²) in [6, 6.07) is 3.24. The first-order valence-corrected chi connectivity index (χ1v) is 4.73. The van der Waals surface area contributed by atoms with Gasteiger partial charge in [-0.3, -0.25) is 4.79 Å². The number of nitrogens with zero attached hydrogens (tertiary/aromatic N) is 2. The van der Waals surface area contributed by atoms with Crippen LogP contribution in [0.1, 0.15) is 10.5 Å². The highest BCUT2D eigenvalue weighted by atomic mass is 16.5. The van der Waals surface area contributed by atoms with E-state index in [0.717, 1.165) is 13.1 Å². The lowest BCUT2D eigenvalue weighted by molar-refractivity contribution is 0.0956. The summed E-state index contributed by atoms with van der Waals surface area (Å²) in [6.45, 7) is 1.66. The van der Waals surface area contributed by atoms with Gasteiger partial charge in [0.25, 0.3) is 5.91 Å². The molecule has 2 rings (SSSR count). The highest BCUT2D eigenvalue weighted by molar-refractivity contribution is 5.91. The number of ether oxygens (including phenoxy) is 1. The molecule has 2 heterocycles. The Hall–Kier alpha value is -1.69. The second-order valence-electron chi connectivity index (χ2n) is 3.23. The van der Waals surface area contributed by atoms with Crippen LogP contribution in [0.3, 0.4) is 0 Å². The molecule has 1 aliphatic heterocycles. The van der Waals surface area contributed by atoms with Gasteiger partial charge in [-0.1, -0.05) is 0 Å². The molecule has 0 bridgehead atoms. The maximum Gasteiger partial charge on any atom is 0.271 e. The van der Waals surface area contributed by atoms with Crippen molar-refractivity contribution in [2.45, 2.75) is 6.10 Å². The van der Waals surface area contributed by atoms with Crippen LogP contribution in [0.5, 0.6) is 5.88 Å². The Bertz CT molecular complexity index is 348. The largest absolute Gasteiger partial charge is 0.471 e. The number of rotatable bonds is 3. The number of aromatic nitrogens is 2. The molecule has 80 valence electrons. The van der Waals surface area contributed by atoms with Crippen LogP contribution in [0.25, 0.3) is 0 Å². The van der Waals surface area contributed by atoms with Gasteiger partial charge in [-0.25, -0.2) is 0 Å². The summed E-state index contributed by atoms with van der Waals surface area (Å²) in [4.78, 5) is 11.1. The van der Waals surface area contributed by atoms with E-state index in [2.05, 4.69) is 20.8 Å². The Balaban J connectivity index is 1.99. The van der Waals surface area contributed by atoms with Crippen molar-refractivity contribution < 1.29 is 9.53 Å². The molecule has 6 heteroatoms. The molecule has 6 nitrogen and oxygen atoms in total. The van der Waals surface area contributed by atoms with Gasteiger partial charge in [0.05, 0.1) is 0 Å². The predicted octanol–water partition coefficient (Wildman–Crippen LogP) is -0.813. The summed E-state index contributed by atoms with van der Waals surface area (Å²) in [6.07, 6.45) is 0.171. The number of hydrogen-bond donors (Lipinski definition) is 2. The van der Waals surface area contributed by atoms with E-state index in [-0.39, 0.29) is 17.7 Å². The zero-order valence-electron chi connectivity index (χ0n) is 8.36. The molecule has 1 saturated heterocycles. The number of hydrogen-bond acceptors (Lipinski definition) is 5. The first-order chi connectivity index (χ1) is 7.29. The van der Waals surface area contributed by atoms with Crippen LogP contribution in [0.4, 0.5) is 0 Å². The quantitative estimate of drug-likeness (QED) is 0.679. The average molecular weight is 208 g/mol. The van der Waals surface area contributed by atoms with E-state index < -0.39 is 0 Å². The first kappa shape index (κ1) is 9.85. The van der Waals surface area contributed by atoms with Crippen molar-refractivity contribution in [2.75, 3.05) is 20.1 Å². The Labute approximate surface area is 87.0 Å². The minimum absolute atomic E-state index is 0.171. The van der Waals surface area contributed by atoms with Crippen LogP contribution in [0, 0.1) is 0 Å². The van der Waals surface area contributed by atoms with Gasteiger partial charge in [0.15, 0.2) is 5.69 Å². The summed E-state index contributed by atoms with van der Waals surface area (Å²) >= 11 is 0. The van der Waals surface area contributed by atoms with Gasteiger partial charge < -0.3 is 15.4 Å². The number of carbonyl (C=O) groups is 1. The van der Waals surface area contributed by atoms with E-state index in [1.807, 2.05) is 0 Å². The van der Waals surface area contributed by atoms with Crippen molar-refractivity contribution in [3.05, 3.63) is 17.8 Å². The lowest BCUT2D eigenvalue weighted by Gasteiger charge is -2.26. The predicted molar refractivity (Wildman–Crippen MR) is 52.7 cm³/mol. The van der Waals surface area contributed by atoms with Gasteiger partial charge in [0.2, 0.25) is 5.88 Å². The van der Waals surface area contributed by atoms with Crippen molar-refractivity contribution in [1.82, 2.24) is 20.8 Å². The normalized spacial score (nSPS) is 15.5. The maximum atomic E-state index is 11.1. The lowest BCUT2D eigenvalue weighted by atomic mass is 10.2. The van der Waals surface area contributed by atoms with Crippen molar-refractivity contribution in [1.29, 1.82) is 0 Å². The molecule has 1 amide bonds. The lowest BCUT2D eigenvalue weighted by Crippen LogP contribution is -2.50. The highest BCUT2D eigenvalue weighted by Crippen LogP contribution is 2.09. The topological polar surface area (TPSA) is 76.1 Å². The Morgan fingerprint density at radius 2 is 2.33 bits per heavy atom. The van der Waals surface area contributed by atoms with E-state index in [1.54, 1.807) is 19.2 Å². The Morgan fingerprint density at radius 1 is 1.53 bits per heavy atom. The van der Waals surface area contributed by atoms with E-state index in [1.165, 1.54) is 0 Å². The third kappa shape index (κ3) is 2.21. The molecule has 1 aromatic rings. The smallest absolute Gasteiger partial charge is 0.271 e. The van der Waals surface area contributed by atoms with Gasteiger partial charge in [0.1, 0.15) is 6.10 Å². The second kappa shape index (κ2) is 4.22. The molecule has 1 aromatic heterocycles. The Kier molecular flexibility index (Phi) is 2.77. The molecule has 0 aromatic carbocycles. The minimum atomic E-state index is -0.251. The zero-order chi connectivity index (χ0) is 10.7. The van der Waals surface area contributed by atoms with E-state index in [0.29, 0.717) is 5.88 Å². The fraction of sp³-hybridized carbons (Fsp3) is 0.444. The standard InChI is InChI=1S/C9H12N4O2/c1-10-9(14)7-2-3-8(13-12-7)15-6-4-11-5-6/h2-3,6,11H,4-5H2,1H3,(H,10,14). The molecular formula is C9H12N4O2. The summed E-state index contributed by atoms with van der Waals surface area (Å²) in [5.74, 6) is 0.202. The van der Waals surface area contributed by atoms with Gasteiger partial charge in [-0.05, 0) is 6.07 Å². The monoisotopic (exact) mass is 208 g/mol. The minimum Gasteiger partial charge on any atom is -0.471 e. The summed E-state index contributed by atoms with van der Waals surface area (Å²) < 4.78 is 5.45. The molecule has 0 saturated carbocycles. The van der Waals surface area contributed by atoms with Crippen molar-refractivity contribution >= 4 is 5.91 Å². The molecule has 1 fully saturated rings. The summed E-state index contributed by atoms with van der Waals surface area (Å²) in [5, 5.41) is 13.1. The molecule has 1 aliphatic rings. The van der Waals surface area contributed by atoms with Gasteiger partial charge in [-0.15, -0.1) is 10.2 Å². The second-order valence-corrected chi connectivity index (χ2v) is 3.23. The van der Waals surface area contributed by atoms with Gasteiger partial charge in [-0.2, -0.15) is 0 Å². The molecule has 0 aliphatic carbocycles. The maximum absolute atomic E-state index is 11.1. The Morgan fingerprint density at radius 3 is 2.80 bits per heavy atom. The average Bonchev–Trinajstić information content (AvgIpc) is 2.23. The van der Waals surface area contributed by atoms with E-state index in [9.17, 15) is 4.79 Å². The third-order valence-electron chi connectivity index (χ3n) is 2.13. The highest BCUT2D eigenvalue weighted by Gasteiger charge is 2.19. The van der Waals surface area contributed by atoms with Crippen molar-refractivity contribution in [3.63, 3.8) is 0 Å². The molecule has 2 N–H and O–H groups in total. The SMILES string of the molecule is CNC(=O)c1ccc(OC2CNC2)nn1. The van der Waals surface area contributed by atoms with Crippen molar-refractivity contribution in [3.8, 4) is 5.88 Å². The fourth-order valence-corrected chi connectivity index (χ4v) is 1.15. The van der Waals surface area contributed by atoms with Crippen LogP contribution in [0.2, 0.25) is 0 Å². The number of nitrogens with one attached hydrogen (secondary N) is 2. The van der Waals surface area contributed by atoms with Crippen LogP contribution < -0.4 is 15.4 Å². The molecule has 15 heavy (non-hydrogen) atoms. The van der Waals surface area contributed by atoms with Gasteiger partial charge in [0, 0.05) is 26.2 Å². The molecular weight excluding hydrogens is 196 g/mol. The number of carbonyl (C=O) groups excluding carboxylic acids is 1. The summed E-state index contributed by atoms with van der Waals surface area (Å²) in [7, 11) is 1.55. The van der Waals surface area contributed by atoms with E-state index >= 15 is 0 Å². The summed E-state index contributed by atoms with van der Waals surface area (Å²) in [5.41, 5.74) is 0.289. The van der Waals surface area contributed by atoms with Gasteiger partial charge >= 0.3 is 0 Å². The van der Waals surface area contributed by atoms with Crippen LogP contribution in [0.15, 0.2) is 12.1 Å².